The van der Waals surface area contributed by atoms with Gasteiger partial charge in [0, 0.05) is 24.4 Å². The van der Waals surface area contributed by atoms with E-state index in [2.05, 4.69) is 14.4 Å². The van der Waals surface area contributed by atoms with Gasteiger partial charge in [-0.1, -0.05) is 36.4 Å². The summed E-state index contributed by atoms with van der Waals surface area (Å²) in [5.74, 6) is 1.18. The third-order valence-electron chi connectivity index (χ3n) is 3.87. The molecule has 2 heterocycles. The molecular weight excluding hydrogens is 338 g/mol. The Kier molecular flexibility index (Phi) is 3.87. The van der Waals surface area contributed by atoms with Gasteiger partial charge in [0.1, 0.15) is 5.75 Å². The van der Waals surface area contributed by atoms with Crippen molar-refractivity contribution in [3.05, 3.63) is 72.4 Å². The third kappa shape index (κ3) is 3.33. The number of pyridine rings is 1. The first-order valence-corrected chi connectivity index (χ1v) is 9.18. The van der Waals surface area contributed by atoms with Gasteiger partial charge < -0.3 is 4.74 Å². The molecule has 2 N–H and O–H groups in total. The predicted octanol–water partition coefficient (Wildman–Crippen LogP) is 3.30. The molecule has 4 rings (SSSR count). The lowest BCUT2D eigenvalue weighted by Gasteiger charge is -2.22. The molecule has 0 fully saturated rings. The Morgan fingerprint density at radius 2 is 1.80 bits per heavy atom. The Balaban J connectivity index is 1.65. The van der Waals surface area contributed by atoms with Crippen molar-refractivity contribution < 1.29 is 13.2 Å². The second-order valence-electron chi connectivity index (χ2n) is 5.56. The number of fused-ring (bicyclic) bond motifs is 1. The van der Waals surface area contributed by atoms with E-state index < -0.39 is 10.2 Å². The summed E-state index contributed by atoms with van der Waals surface area (Å²) in [5, 5.41) is 0. The molecule has 1 aliphatic rings. The molecular formula is C18H15N3O3S. The zero-order chi connectivity index (χ0) is 17.3. The molecule has 0 saturated carbocycles. The lowest BCUT2D eigenvalue weighted by Crippen LogP contribution is -2.34. The molecule has 0 atom stereocenters. The highest BCUT2D eigenvalue weighted by Crippen LogP contribution is 2.34. The van der Waals surface area contributed by atoms with E-state index in [9.17, 15) is 8.42 Å². The molecule has 0 amide bonds. The van der Waals surface area contributed by atoms with E-state index in [1.807, 2.05) is 54.6 Å². The Hall–Kier alpha value is -2.90. The minimum absolute atomic E-state index is 0.277. The molecule has 2 aromatic carbocycles. The molecule has 0 saturated heterocycles. The Labute approximate surface area is 145 Å². The number of hydrogen-bond acceptors (Lipinski definition) is 4. The number of rotatable bonds is 3. The minimum Gasteiger partial charge on any atom is -0.439 e. The van der Waals surface area contributed by atoms with E-state index in [0.717, 1.165) is 16.7 Å². The van der Waals surface area contributed by atoms with Gasteiger partial charge in [0.05, 0.1) is 5.69 Å². The van der Waals surface area contributed by atoms with E-state index >= 15 is 0 Å². The van der Waals surface area contributed by atoms with Crippen molar-refractivity contribution in [2.75, 3.05) is 4.72 Å². The minimum atomic E-state index is -3.51. The summed E-state index contributed by atoms with van der Waals surface area (Å²) in [4.78, 5) is 4.12. The van der Waals surface area contributed by atoms with Gasteiger partial charge in [-0.2, -0.15) is 13.1 Å². The highest BCUT2D eigenvalue weighted by Gasteiger charge is 2.22. The van der Waals surface area contributed by atoms with Crippen molar-refractivity contribution >= 4 is 15.9 Å². The molecule has 1 aromatic heterocycles. The van der Waals surface area contributed by atoms with E-state index in [-0.39, 0.29) is 6.54 Å². The predicted molar refractivity (Wildman–Crippen MR) is 95.6 cm³/mol. The average Bonchev–Trinajstić information content (AvgIpc) is 2.62. The molecule has 0 bridgehead atoms. The second kappa shape index (κ2) is 6.19. The van der Waals surface area contributed by atoms with E-state index in [0.29, 0.717) is 17.3 Å². The largest absolute Gasteiger partial charge is 0.439 e. The highest BCUT2D eigenvalue weighted by molar-refractivity contribution is 7.90. The fraction of sp³-hybridized carbons (Fsp3) is 0.0556. The van der Waals surface area contributed by atoms with Gasteiger partial charge in [-0.25, -0.2) is 4.98 Å². The van der Waals surface area contributed by atoms with Gasteiger partial charge >= 0.3 is 0 Å². The maximum Gasteiger partial charge on any atom is 0.299 e. The molecule has 7 heteroatoms. The first kappa shape index (κ1) is 15.6. The normalized spacial score (nSPS) is 15.0. The molecule has 126 valence electrons. The number of para-hydroxylation sites is 1. The van der Waals surface area contributed by atoms with Crippen LogP contribution in [0.2, 0.25) is 0 Å². The number of anilines is 1. The van der Waals surface area contributed by atoms with Gasteiger partial charge in [0.2, 0.25) is 5.88 Å². The number of benzene rings is 2. The van der Waals surface area contributed by atoms with Crippen LogP contribution in [0.3, 0.4) is 0 Å². The van der Waals surface area contributed by atoms with Gasteiger partial charge in [0.25, 0.3) is 10.2 Å². The molecule has 3 aromatic rings. The summed E-state index contributed by atoms with van der Waals surface area (Å²) >= 11 is 0. The zero-order valence-electron chi connectivity index (χ0n) is 13.1. The van der Waals surface area contributed by atoms with Crippen LogP contribution in [-0.2, 0) is 16.8 Å². The number of ether oxygens (including phenoxy) is 1. The number of nitrogens with zero attached hydrogens (tertiary/aromatic N) is 1. The molecule has 1 aliphatic heterocycles. The van der Waals surface area contributed by atoms with Crippen LogP contribution in [0.15, 0.2) is 66.9 Å². The summed E-state index contributed by atoms with van der Waals surface area (Å²) in [6.07, 6.45) is 1.67. The lowest BCUT2D eigenvalue weighted by atomic mass is 10.0. The van der Waals surface area contributed by atoms with Gasteiger partial charge in [-0.3, -0.25) is 4.72 Å². The summed E-state index contributed by atoms with van der Waals surface area (Å²) in [7, 11) is -3.51. The van der Waals surface area contributed by atoms with Crippen molar-refractivity contribution in [1.29, 1.82) is 0 Å². The van der Waals surface area contributed by atoms with Gasteiger partial charge in [0.15, 0.2) is 0 Å². The van der Waals surface area contributed by atoms with Gasteiger partial charge in [-0.15, -0.1) is 0 Å². The third-order valence-corrected chi connectivity index (χ3v) is 4.86. The lowest BCUT2D eigenvalue weighted by molar-refractivity contribution is 0.463. The number of aromatic nitrogens is 1. The fourth-order valence-corrected chi connectivity index (χ4v) is 3.61. The monoisotopic (exact) mass is 353 g/mol. The van der Waals surface area contributed by atoms with Gasteiger partial charge in [-0.05, 0) is 29.3 Å². The van der Waals surface area contributed by atoms with Crippen LogP contribution < -0.4 is 14.2 Å². The molecule has 0 spiro atoms. The van der Waals surface area contributed by atoms with E-state index in [4.69, 9.17) is 4.74 Å². The van der Waals surface area contributed by atoms with Crippen LogP contribution >= 0.6 is 0 Å². The summed E-state index contributed by atoms with van der Waals surface area (Å²) in [5.41, 5.74) is 3.24. The average molecular weight is 353 g/mol. The van der Waals surface area contributed by atoms with Crippen LogP contribution in [0, 0.1) is 0 Å². The summed E-state index contributed by atoms with van der Waals surface area (Å²) in [6.45, 7) is 0.277. The zero-order valence-corrected chi connectivity index (χ0v) is 14.0. The maximum absolute atomic E-state index is 11.8. The first-order chi connectivity index (χ1) is 12.1. The van der Waals surface area contributed by atoms with Crippen molar-refractivity contribution in [1.82, 2.24) is 9.71 Å². The highest BCUT2D eigenvalue weighted by atomic mass is 32.2. The Morgan fingerprint density at radius 1 is 0.960 bits per heavy atom. The second-order valence-corrected chi connectivity index (χ2v) is 7.06. The number of hydrogen-bond donors (Lipinski definition) is 2. The summed E-state index contributed by atoms with van der Waals surface area (Å²) in [6, 6.07) is 18.6. The molecule has 25 heavy (non-hydrogen) atoms. The molecule has 0 radical (unpaired) electrons. The van der Waals surface area contributed by atoms with Crippen molar-refractivity contribution in [2.45, 2.75) is 6.54 Å². The molecule has 0 aliphatic carbocycles. The molecule has 0 unspecified atom stereocenters. The van der Waals surface area contributed by atoms with Crippen LogP contribution in [0.25, 0.3) is 11.1 Å². The topological polar surface area (TPSA) is 80.3 Å². The standard InChI is InChI=1S/C18H15N3O3S/c22-25(23)20-12-14-4-3-5-16(18(14)21-25)13-7-9-15(10-8-13)24-17-6-1-2-11-19-17/h1-11,20-21H,12H2. The fourth-order valence-electron chi connectivity index (χ4n) is 2.68. The Morgan fingerprint density at radius 3 is 2.56 bits per heavy atom. The first-order valence-electron chi connectivity index (χ1n) is 7.69. The van der Waals surface area contributed by atoms with Crippen LogP contribution in [-0.4, -0.2) is 13.4 Å². The number of nitrogens with one attached hydrogen (secondary N) is 2. The smallest absolute Gasteiger partial charge is 0.299 e. The van der Waals surface area contributed by atoms with E-state index in [1.165, 1.54) is 0 Å². The van der Waals surface area contributed by atoms with E-state index in [1.54, 1.807) is 12.3 Å². The quantitative estimate of drug-likeness (QED) is 0.757. The van der Waals surface area contributed by atoms with Crippen LogP contribution in [0.1, 0.15) is 5.56 Å². The molecule has 6 nitrogen and oxygen atoms in total. The SMILES string of the molecule is O=S1(=O)NCc2cccc(-c3ccc(Oc4ccccn4)cc3)c2N1. The van der Waals surface area contributed by atoms with Crippen molar-refractivity contribution in [3.8, 4) is 22.8 Å². The van der Waals surface area contributed by atoms with Crippen LogP contribution in [0.5, 0.6) is 11.6 Å². The maximum atomic E-state index is 11.8. The Bertz CT molecular complexity index is 1000. The van der Waals surface area contributed by atoms with Crippen molar-refractivity contribution in [2.24, 2.45) is 0 Å². The van der Waals surface area contributed by atoms with Crippen molar-refractivity contribution in [3.63, 3.8) is 0 Å². The summed E-state index contributed by atoms with van der Waals surface area (Å²) < 4.78 is 34.3. The van der Waals surface area contributed by atoms with Crippen LogP contribution in [0.4, 0.5) is 5.69 Å².